The fourth-order valence-electron chi connectivity index (χ4n) is 4.29. The van der Waals surface area contributed by atoms with E-state index in [4.69, 9.17) is 11.6 Å². The largest absolute Gasteiger partial charge is 0.294 e. The standard InChI is InChI=1S/C26H25ClNO2/c1-17-7-10-23-19(13-17)8-9-21(26(23)30)14-20-11-12-28(16-24(20)18(2)29)15-22-5-3-4-6-25(22)27/h3-7,10-13,16,21H,8-9,14-15H2,1-2H3/q+1. The Morgan fingerprint density at radius 3 is 2.70 bits per heavy atom. The van der Waals surface area contributed by atoms with E-state index >= 15 is 0 Å². The molecule has 0 bridgehead atoms. The van der Waals surface area contributed by atoms with Crippen LogP contribution in [-0.2, 0) is 19.4 Å². The van der Waals surface area contributed by atoms with Crippen LogP contribution in [0.1, 0.15) is 56.3 Å². The summed E-state index contributed by atoms with van der Waals surface area (Å²) in [4.78, 5) is 25.4. The van der Waals surface area contributed by atoms with Crippen LogP contribution < -0.4 is 4.57 Å². The van der Waals surface area contributed by atoms with Gasteiger partial charge < -0.3 is 0 Å². The van der Waals surface area contributed by atoms with Crippen molar-refractivity contribution in [2.75, 3.05) is 0 Å². The summed E-state index contributed by atoms with van der Waals surface area (Å²) in [6, 6.07) is 15.8. The minimum Gasteiger partial charge on any atom is -0.294 e. The predicted octanol–water partition coefficient (Wildman–Crippen LogP) is 5.17. The maximum atomic E-state index is 13.1. The fraction of sp³-hybridized carbons (Fsp3) is 0.269. The molecule has 0 spiro atoms. The van der Waals surface area contributed by atoms with Gasteiger partial charge in [-0.3, -0.25) is 9.59 Å². The van der Waals surface area contributed by atoms with Crippen LogP contribution in [0.25, 0.3) is 0 Å². The molecule has 4 heteroatoms. The minimum atomic E-state index is -0.0854. The molecule has 1 atom stereocenters. The number of aromatic nitrogens is 1. The number of hydrogen-bond acceptors (Lipinski definition) is 2. The molecule has 0 fully saturated rings. The summed E-state index contributed by atoms with van der Waals surface area (Å²) < 4.78 is 1.97. The molecule has 3 nitrogen and oxygen atoms in total. The number of halogens is 1. The maximum Gasteiger partial charge on any atom is 0.180 e. The van der Waals surface area contributed by atoms with Crippen LogP contribution in [0.15, 0.2) is 60.9 Å². The second-order valence-electron chi connectivity index (χ2n) is 8.17. The van der Waals surface area contributed by atoms with E-state index in [-0.39, 0.29) is 17.5 Å². The van der Waals surface area contributed by atoms with Crippen molar-refractivity contribution in [2.24, 2.45) is 5.92 Å². The summed E-state index contributed by atoms with van der Waals surface area (Å²) in [7, 11) is 0. The maximum absolute atomic E-state index is 13.1. The number of aryl methyl sites for hydroxylation is 2. The Hall–Kier alpha value is -2.78. The zero-order valence-electron chi connectivity index (χ0n) is 17.3. The number of carbonyl (C=O) groups is 2. The van der Waals surface area contributed by atoms with Gasteiger partial charge in [-0.2, -0.15) is 4.57 Å². The van der Waals surface area contributed by atoms with Crippen molar-refractivity contribution in [1.29, 1.82) is 0 Å². The number of pyridine rings is 1. The fourth-order valence-corrected chi connectivity index (χ4v) is 4.49. The molecule has 30 heavy (non-hydrogen) atoms. The lowest BCUT2D eigenvalue weighted by atomic mass is 9.79. The number of fused-ring (bicyclic) bond motifs is 1. The quantitative estimate of drug-likeness (QED) is 0.423. The van der Waals surface area contributed by atoms with E-state index in [1.165, 1.54) is 5.56 Å². The van der Waals surface area contributed by atoms with E-state index in [9.17, 15) is 9.59 Å². The second kappa shape index (κ2) is 8.53. The van der Waals surface area contributed by atoms with Crippen molar-refractivity contribution in [3.05, 3.63) is 99.3 Å². The molecule has 1 aliphatic rings. The number of rotatable bonds is 5. The van der Waals surface area contributed by atoms with Crippen LogP contribution in [0.2, 0.25) is 5.02 Å². The Bertz CT molecular complexity index is 1140. The lowest BCUT2D eigenvalue weighted by molar-refractivity contribution is -0.688. The Balaban J connectivity index is 1.58. The van der Waals surface area contributed by atoms with Gasteiger partial charge in [0.1, 0.15) is 0 Å². The Labute approximate surface area is 182 Å². The topological polar surface area (TPSA) is 38.0 Å². The second-order valence-corrected chi connectivity index (χ2v) is 8.58. The first-order chi connectivity index (χ1) is 14.4. The number of carbonyl (C=O) groups excluding carboxylic acids is 2. The van der Waals surface area contributed by atoms with E-state index in [0.717, 1.165) is 35.1 Å². The SMILES string of the molecule is CC(=O)c1c[n+](Cc2ccccc2Cl)ccc1CC1CCc2cc(C)ccc2C1=O. The average Bonchev–Trinajstić information content (AvgIpc) is 2.72. The van der Waals surface area contributed by atoms with Gasteiger partial charge in [-0.1, -0.05) is 53.6 Å². The summed E-state index contributed by atoms with van der Waals surface area (Å²) in [5, 5.41) is 0.708. The van der Waals surface area contributed by atoms with E-state index in [0.29, 0.717) is 23.6 Å². The third kappa shape index (κ3) is 4.22. The molecule has 0 saturated heterocycles. The summed E-state index contributed by atoms with van der Waals surface area (Å²) in [5.41, 5.74) is 5.78. The molecule has 2 aromatic carbocycles. The van der Waals surface area contributed by atoms with Crippen LogP contribution in [0.4, 0.5) is 0 Å². The first-order valence-electron chi connectivity index (χ1n) is 10.3. The number of ketones is 2. The highest BCUT2D eigenvalue weighted by atomic mass is 35.5. The lowest BCUT2D eigenvalue weighted by Crippen LogP contribution is -2.35. The van der Waals surface area contributed by atoms with Gasteiger partial charge >= 0.3 is 0 Å². The van der Waals surface area contributed by atoms with Gasteiger partial charge in [0.05, 0.1) is 10.6 Å². The van der Waals surface area contributed by atoms with Crippen LogP contribution in [0, 0.1) is 12.8 Å². The van der Waals surface area contributed by atoms with Crippen molar-refractivity contribution in [3.8, 4) is 0 Å². The van der Waals surface area contributed by atoms with E-state index < -0.39 is 0 Å². The summed E-state index contributed by atoms with van der Waals surface area (Å²) in [5.74, 6) is 0.120. The molecular formula is C26H25ClNO2+. The Morgan fingerprint density at radius 2 is 1.93 bits per heavy atom. The summed E-state index contributed by atoms with van der Waals surface area (Å²) in [6.07, 6.45) is 6.17. The zero-order valence-corrected chi connectivity index (χ0v) is 18.1. The average molecular weight is 419 g/mol. The molecule has 0 aliphatic heterocycles. The van der Waals surface area contributed by atoms with Gasteiger partial charge in [0, 0.05) is 23.1 Å². The third-order valence-corrected chi connectivity index (χ3v) is 6.29. The van der Waals surface area contributed by atoms with Crippen molar-refractivity contribution < 1.29 is 14.2 Å². The highest BCUT2D eigenvalue weighted by Gasteiger charge is 2.29. The summed E-state index contributed by atoms with van der Waals surface area (Å²) in [6.45, 7) is 4.23. The lowest BCUT2D eigenvalue weighted by Gasteiger charge is -2.24. The van der Waals surface area contributed by atoms with Crippen LogP contribution in [0.3, 0.4) is 0 Å². The van der Waals surface area contributed by atoms with Crippen LogP contribution in [-0.4, -0.2) is 11.6 Å². The molecule has 3 aromatic rings. The Morgan fingerprint density at radius 1 is 1.13 bits per heavy atom. The van der Waals surface area contributed by atoms with Crippen molar-refractivity contribution in [1.82, 2.24) is 0 Å². The number of nitrogens with zero attached hydrogens (tertiary/aromatic N) is 1. The van der Waals surface area contributed by atoms with E-state index in [2.05, 4.69) is 13.0 Å². The molecule has 0 saturated carbocycles. The molecule has 1 aliphatic carbocycles. The highest BCUT2D eigenvalue weighted by molar-refractivity contribution is 6.31. The molecule has 0 radical (unpaired) electrons. The minimum absolute atomic E-state index is 0.0118. The highest BCUT2D eigenvalue weighted by Crippen LogP contribution is 2.29. The predicted molar refractivity (Wildman–Crippen MR) is 118 cm³/mol. The van der Waals surface area contributed by atoms with Crippen LogP contribution in [0.5, 0.6) is 0 Å². The van der Waals surface area contributed by atoms with Gasteiger partial charge in [-0.15, -0.1) is 0 Å². The van der Waals surface area contributed by atoms with E-state index in [1.807, 2.05) is 59.4 Å². The van der Waals surface area contributed by atoms with Crippen molar-refractivity contribution in [2.45, 2.75) is 39.7 Å². The normalized spacial score (nSPS) is 15.7. The molecule has 0 amide bonds. The van der Waals surface area contributed by atoms with E-state index in [1.54, 1.807) is 6.92 Å². The molecule has 1 aromatic heterocycles. The van der Waals surface area contributed by atoms with Gasteiger partial charge in [0.15, 0.2) is 30.5 Å². The molecule has 4 rings (SSSR count). The molecule has 0 N–H and O–H groups in total. The van der Waals surface area contributed by atoms with Gasteiger partial charge in [0.2, 0.25) is 0 Å². The van der Waals surface area contributed by atoms with Gasteiger partial charge in [-0.05, 0) is 50.3 Å². The van der Waals surface area contributed by atoms with Gasteiger partial charge in [0.25, 0.3) is 0 Å². The zero-order chi connectivity index (χ0) is 21.3. The first kappa shape index (κ1) is 20.5. The third-order valence-electron chi connectivity index (χ3n) is 5.92. The van der Waals surface area contributed by atoms with Crippen molar-refractivity contribution >= 4 is 23.2 Å². The monoisotopic (exact) mass is 418 g/mol. The number of benzene rings is 2. The first-order valence-corrected chi connectivity index (χ1v) is 10.7. The molecule has 1 unspecified atom stereocenters. The number of hydrogen-bond donors (Lipinski definition) is 0. The number of Topliss-reactive ketones (excluding diaryl/α,β-unsaturated/α-hetero) is 2. The Kier molecular flexibility index (Phi) is 5.83. The molecule has 1 heterocycles. The molecular weight excluding hydrogens is 394 g/mol. The van der Waals surface area contributed by atoms with Crippen molar-refractivity contribution in [3.63, 3.8) is 0 Å². The van der Waals surface area contributed by atoms with Gasteiger partial charge in [-0.25, -0.2) is 0 Å². The molecule has 152 valence electrons. The smallest absolute Gasteiger partial charge is 0.180 e. The van der Waals surface area contributed by atoms with Crippen LogP contribution >= 0.6 is 11.6 Å². The summed E-state index contributed by atoms with van der Waals surface area (Å²) >= 11 is 6.29.